The van der Waals surface area contributed by atoms with E-state index in [4.69, 9.17) is 4.74 Å². The van der Waals surface area contributed by atoms with Gasteiger partial charge in [-0.1, -0.05) is 18.2 Å². The summed E-state index contributed by atoms with van der Waals surface area (Å²) >= 11 is 0. The minimum absolute atomic E-state index is 0.130. The first kappa shape index (κ1) is 17.3. The molecule has 2 rings (SSSR count). The zero-order chi connectivity index (χ0) is 17.4. The average molecular weight is 319 g/mol. The summed E-state index contributed by atoms with van der Waals surface area (Å²) in [5.74, 6) is -1.41. The highest BCUT2D eigenvalue weighted by atomic mass is 16.6. The van der Waals surface area contributed by atoms with Crippen molar-refractivity contribution in [2.75, 3.05) is 6.54 Å². The van der Waals surface area contributed by atoms with E-state index in [1.807, 2.05) is 45.9 Å². The highest BCUT2D eigenvalue weighted by Crippen LogP contribution is 2.33. The number of carboxylic acid groups (broad SMARTS) is 1. The monoisotopic (exact) mass is 319 g/mol. The van der Waals surface area contributed by atoms with Crippen molar-refractivity contribution in [3.05, 3.63) is 34.9 Å². The quantitative estimate of drug-likeness (QED) is 0.902. The highest BCUT2D eigenvalue weighted by Gasteiger charge is 2.31. The lowest BCUT2D eigenvalue weighted by molar-refractivity contribution is -0.138. The average Bonchev–Trinajstić information content (AvgIpc) is 2.44. The van der Waals surface area contributed by atoms with Crippen LogP contribution in [0, 0.1) is 0 Å². The molecule has 0 saturated heterocycles. The molecule has 5 nitrogen and oxygen atoms in total. The van der Waals surface area contributed by atoms with Crippen LogP contribution in [0.5, 0.6) is 0 Å². The van der Waals surface area contributed by atoms with Gasteiger partial charge in [-0.15, -0.1) is 0 Å². The molecular weight excluding hydrogens is 294 g/mol. The maximum absolute atomic E-state index is 12.4. The van der Waals surface area contributed by atoms with E-state index in [9.17, 15) is 14.7 Å². The van der Waals surface area contributed by atoms with Gasteiger partial charge in [-0.2, -0.15) is 0 Å². The zero-order valence-electron chi connectivity index (χ0n) is 14.4. The van der Waals surface area contributed by atoms with Crippen LogP contribution < -0.4 is 0 Å². The molecule has 2 unspecified atom stereocenters. The second-order valence-electron chi connectivity index (χ2n) is 7.12. The van der Waals surface area contributed by atoms with E-state index < -0.39 is 17.5 Å². The molecule has 0 aliphatic carbocycles. The Hall–Kier alpha value is -2.04. The number of hydrogen-bond acceptors (Lipinski definition) is 3. The Morgan fingerprint density at radius 3 is 2.57 bits per heavy atom. The van der Waals surface area contributed by atoms with Crippen LogP contribution in [-0.4, -0.2) is 34.2 Å². The van der Waals surface area contributed by atoms with Gasteiger partial charge in [-0.3, -0.25) is 4.79 Å². The maximum Gasteiger partial charge on any atom is 0.410 e. The Kier molecular flexibility index (Phi) is 4.68. The van der Waals surface area contributed by atoms with Gasteiger partial charge in [0.05, 0.1) is 12.0 Å². The van der Waals surface area contributed by atoms with Gasteiger partial charge in [-0.05, 0) is 57.7 Å². The molecule has 0 bridgehead atoms. The Bertz CT molecular complexity index is 618. The van der Waals surface area contributed by atoms with Gasteiger partial charge < -0.3 is 14.7 Å². The SMILES string of the molecule is CC(C(=O)O)c1ccc2c(c1)C(C)N(C(=O)OC(C)(C)C)CC2. The van der Waals surface area contributed by atoms with Gasteiger partial charge in [-0.25, -0.2) is 4.79 Å². The van der Waals surface area contributed by atoms with Crippen molar-refractivity contribution in [1.82, 2.24) is 4.90 Å². The van der Waals surface area contributed by atoms with Crippen molar-refractivity contribution in [2.45, 2.75) is 58.6 Å². The van der Waals surface area contributed by atoms with E-state index in [1.54, 1.807) is 11.8 Å². The molecule has 1 N–H and O–H groups in total. The van der Waals surface area contributed by atoms with Gasteiger partial charge in [0.2, 0.25) is 0 Å². The molecular formula is C18H25NO4. The van der Waals surface area contributed by atoms with Gasteiger partial charge in [0.15, 0.2) is 0 Å². The smallest absolute Gasteiger partial charge is 0.410 e. The Balaban J connectivity index is 2.27. The van der Waals surface area contributed by atoms with Crippen molar-refractivity contribution in [2.24, 2.45) is 0 Å². The molecule has 0 fully saturated rings. The van der Waals surface area contributed by atoms with E-state index in [1.165, 1.54) is 5.56 Å². The molecule has 2 atom stereocenters. The third-order valence-electron chi connectivity index (χ3n) is 4.21. The number of aliphatic carboxylic acids is 1. The number of carbonyl (C=O) groups is 2. The molecule has 23 heavy (non-hydrogen) atoms. The molecule has 0 saturated carbocycles. The number of ether oxygens (including phenoxy) is 1. The van der Waals surface area contributed by atoms with Crippen LogP contribution in [0.1, 0.15) is 63.3 Å². The third kappa shape index (κ3) is 3.84. The van der Waals surface area contributed by atoms with E-state index in [0.29, 0.717) is 6.54 Å². The Labute approximate surface area is 137 Å². The fourth-order valence-electron chi connectivity index (χ4n) is 2.81. The van der Waals surface area contributed by atoms with Crippen LogP contribution >= 0.6 is 0 Å². The van der Waals surface area contributed by atoms with E-state index >= 15 is 0 Å². The summed E-state index contributed by atoms with van der Waals surface area (Å²) in [7, 11) is 0. The maximum atomic E-state index is 12.4. The summed E-state index contributed by atoms with van der Waals surface area (Å²) in [5, 5.41) is 9.19. The van der Waals surface area contributed by atoms with E-state index in [0.717, 1.165) is 17.5 Å². The van der Waals surface area contributed by atoms with Crippen LogP contribution in [0.25, 0.3) is 0 Å². The largest absolute Gasteiger partial charge is 0.481 e. The Morgan fingerprint density at radius 1 is 1.35 bits per heavy atom. The molecule has 1 heterocycles. The van der Waals surface area contributed by atoms with Crippen LogP contribution in [-0.2, 0) is 16.0 Å². The summed E-state index contributed by atoms with van der Waals surface area (Å²) < 4.78 is 5.47. The third-order valence-corrected chi connectivity index (χ3v) is 4.21. The molecule has 126 valence electrons. The minimum Gasteiger partial charge on any atom is -0.481 e. The van der Waals surface area contributed by atoms with Crippen LogP contribution in [0.3, 0.4) is 0 Å². The fourth-order valence-corrected chi connectivity index (χ4v) is 2.81. The summed E-state index contributed by atoms with van der Waals surface area (Å²) in [5.41, 5.74) is 2.40. The molecule has 1 amide bonds. The number of amides is 1. The first-order chi connectivity index (χ1) is 10.6. The molecule has 0 aromatic heterocycles. The van der Waals surface area contributed by atoms with Crippen molar-refractivity contribution >= 4 is 12.1 Å². The molecule has 1 aliphatic rings. The first-order valence-corrected chi connectivity index (χ1v) is 7.95. The molecule has 0 spiro atoms. The molecule has 1 aromatic carbocycles. The highest BCUT2D eigenvalue weighted by molar-refractivity contribution is 5.76. The lowest BCUT2D eigenvalue weighted by Crippen LogP contribution is -2.42. The molecule has 5 heteroatoms. The lowest BCUT2D eigenvalue weighted by atomic mass is 9.89. The molecule has 1 aliphatic heterocycles. The summed E-state index contributed by atoms with van der Waals surface area (Å²) in [6, 6.07) is 5.63. The number of hydrogen-bond donors (Lipinski definition) is 1. The number of rotatable bonds is 2. The second kappa shape index (κ2) is 6.22. The van der Waals surface area contributed by atoms with Crippen LogP contribution in [0.4, 0.5) is 4.79 Å². The van der Waals surface area contributed by atoms with E-state index in [2.05, 4.69) is 0 Å². The number of benzene rings is 1. The second-order valence-corrected chi connectivity index (χ2v) is 7.12. The zero-order valence-corrected chi connectivity index (χ0v) is 14.4. The van der Waals surface area contributed by atoms with E-state index in [-0.39, 0.29) is 12.1 Å². The van der Waals surface area contributed by atoms with Gasteiger partial charge in [0.1, 0.15) is 5.60 Å². The summed E-state index contributed by atoms with van der Waals surface area (Å²) in [6.07, 6.45) is 0.424. The number of carboxylic acids is 1. The Morgan fingerprint density at radius 2 is 2.00 bits per heavy atom. The number of carbonyl (C=O) groups excluding carboxylic acids is 1. The molecule has 0 radical (unpaired) electrons. The number of nitrogens with zero attached hydrogens (tertiary/aromatic N) is 1. The van der Waals surface area contributed by atoms with Crippen molar-refractivity contribution in [3.8, 4) is 0 Å². The fraction of sp³-hybridized carbons (Fsp3) is 0.556. The summed E-state index contributed by atoms with van der Waals surface area (Å²) in [4.78, 5) is 25.3. The van der Waals surface area contributed by atoms with Gasteiger partial charge in [0, 0.05) is 6.54 Å². The topological polar surface area (TPSA) is 66.8 Å². The molecule has 1 aromatic rings. The number of fused-ring (bicyclic) bond motifs is 1. The van der Waals surface area contributed by atoms with Gasteiger partial charge in [0.25, 0.3) is 0 Å². The van der Waals surface area contributed by atoms with Crippen LogP contribution in [0.15, 0.2) is 18.2 Å². The van der Waals surface area contributed by atoms with Crippen molar-refractivity contribution in [3.63, 3.8) is 0 Å². The predicted octanol–water partition coefficient (Wildman–Crippen LogP) is 3.73. The van der Waals surface area contributed by atoms with Crippen molar-refractivity contribution in [1.29, 1.82) is 0 Å². The standard InChI is InChI=1S/C18H25NO4/c1-11(16(20)21)14-7-6-13-8-9-19(12(2)15(13)10-14)17(22)23-18(3,4)5/h6-7,10-12H,8-9H2,1-5H3,(H,20,21). The lowest BCUT2D eigenvalue weighted by Gasteiger charge is -2.36. The summed E-state index contributed by atoms with van der Waals surface area (Å²) in [6.45, 7) is 9.78. The first-order valence-electron chi connectivity index (χ1n) is 7.95. The van der Waals surface area contributed by atoms with Crippen LogP contribution in [0.2, 0.25) is 0 Å². The predicted molar refractivity (Wildman–Crippen MR) is 87.6 cm³/mol. The normalized spacial score (nSPS) is 19.0. The minimum atomic E-state index is -0.850. The van der Waals surface area contributed by atoms with Gasteiger partial charge >= 0.3 is 12.1 Å². The van der Waals surface area contributed by atoms with Crippen molar-refractivity contribution < 1.29 is 19.4 Å².